The van der Waals surface area contributed by atoms with Gasteiger partial charge in [-0.1, -0.05) is 119 Å². The standard InChI is InChI=1S/C44H45N7O6.C36H39N7O4.6H2S/c1-26(2)38(48-43(54)56-3)42(53)50-19-7-11-36(50)39-45-24-35(47-39)32-16-15-28-21-29(13-14-30(28)22-32)31-17-18-33-34(23-31)46-40(49-41(33)52)37-12-8-20-51(37)44(55)57-25-27-9-5-4-6-10-27;1-20(2)31(41-36(46)47-3)35(45)43-15-5-7-30(43)33-38-19-29(40-33)25-11-10-21-16-22(8-9-23(21)17-25)24-12-13-26-28(18-24)39-32(42-34(26)44)27-6-4-14-37-27;;;;;;/h4-6,9-10,13-18,21-24,26,36-38H,7-8,11-12,19-20,25H2,1-3H3,(H,45,47)(H,48,54)(H,46,49,52);8-13,16-20,27,30-31,37H,4-7,14-15H2,1-3H3,(H,38,40)(H,41,46)(H,39,42,44);6*1H2/t36-,37-,38-;27-,30-,31-;;;;;;/m00....../s1. The van der Waals surface area contributed by atoms with Crippen molar-refractivity contribution < 1.29 is 38.2 Å². The van der Waals surface area contributed by atoms with Gasteiger partial charge in [0.15, 0.2) is 0 Å². The number of benzene rings is 7. The maximum atomic E-state index is 13.6. The average molecular weight is 1610 g/mol. The second-order valence-corrected chi connectivity index (χ2v) is 27.9. The first-order valence-corrected chi connectivity index (χ1v) is 35.7. The van der Waals surface area contributed by atoms with Gasteiger partial charge >= 0.3 is 18.3 Å². The van der Waals surface area contributed by atoms with E-state index < -0.39 is 30.4 Å². The number of nitrogens with one attached hydrogen (secondary N) is 7. The van der Waals surface area contributed by atoms with Crippen LogP contribution in [0.1, 0.15) is 132 Å². The number of alkyl carbamates (subject to hydrolysis) is 2. The van der Waals surface area contributed by atoms with Crippen LogP contribution in [0.15, 0.2) is 162 Å². The lowest BCUT2D eigenvalue weighted by molar-refractivity contribution is -0.136. The molecule has 0 saturated carbocycles. The molecule has 4 saturated heterocycles. The number of imidazole rings is 2. The van der Waals surface area contributed by atoms with Crippen molar-refractivity contribution in [1.29, 1.82) is 0 Å². The molecule has 24 nitrogen and oxygen atoms in total. The van der Waals surface area contributed by atoms with Gasteiger partial charge in [0.1, 0.15) is 42.0 Å². The number of aromatic nitrogens is 8. The maximum absolute atomic E-state index is 13.6. The lowest BCUT2D eigenvalue weighted by atomic mass is 9.98. The molecular weight excluding hydrogens is 1510 g/mol. The van der Waals surface area contributed by atoms with Gasteiger partial charge in [-0.3, -0.25) is 24.1 Å². The zero-order valence-electron chi connectivity index (χ0n) is 62.0. The molecule has 30 heteroatoms. The molecule has 11 aromatic rings. The van der Waals surface area contributed by atoms with Crippen molar-refractivity contribution >= 4 is 154 Å². The van der Waals surface area contributed by atoms with Crippen LogP contribution in [0, 0.1) is 11.8 Å². The molecule has 7 aromatic carbocycles. The molecule has 0 unspecified atom stereocenters. The molecule has 15 rings (SSSR count). The number of likely N-dealkylation sites (tertiary alicyclic amines) is 3. The Morgan fingerprint density at radius 3 is 1.30 bits per heavy atom. The normalized spacial score (nSPS) is 17.0. The quantitative estimate of drug-likeness (QED) is 0.0442. The van der Waals surface area contributed by atoms with Gasteiger partial charge < -0.3 is 59.9 Å². The average Bonchev–Trinajstić information content (AvgIpc) is 1.13. The summed E-state index contributed by atoms with van der Waals surface area (Å²) in [6.07, 6.45) is 8.69. The van der Waals surface area contributed by atoms with Crippen LogP contribution >= 0.6 is 81.0 Å². The third-order valence-corrected chi connectivity index (χ3v) is 20.5. The van der Waals surface area contributed by atoms with E-state index in [0.29, 0.717) is 65.3 Å². The molecule has 0 radical (unpaired) electrons. The Morgan fingerprint density at radius 1 is 0.464 bits per heavy atom. The summed E-state index contributed by atoms with van der Waals surface area (Å²) in [4.78, 5) is 127. The van der Waals surface area contributed by atoms with E-state index in [1.54, 1.807) is 22.1 Å². The first kappa shape index (κ1) is 86.2. The van der Waals surface area contributed by atoms with Crippen molar-refractivity contribution in [3.8, 4) is 44.8 Å². The molecule has 0 aliphatic carbocycles. The van der Waals surface area contributed by atoms with Crippen LogP contribution in [0.25, 0.3) is 88.1 Å². The molecule has 0 spiro atoms. The van der Waals surface area contributed by atoms with Crippen molar-refractivity contribution in [3.05, 3.63) is 201 Å². The predicted molar refractivity (Wildman–Crippen MR) is 459 cm³/mol. The van der Waals surface area contributed by atoms with Crippen LogP contribution in [-0.2, 0) is 30.4 Å². The molecule has 582 valence electrons. The Morgan fingerprint density at radius 2 is 0.864 bits per heavy atom. The summed E-state index contributed by atoms with van der Waals surface area (Å²) < 4.78 is 15.1. The van der Waals surface area contributed by atoms with E-state index in [1.807, 2.05) is 106 Å². The van der Waals surface area contributed by atoms with Gasteiger partial charge in [-0.15, -0.1) is 0 Å². The van der Waals surface area contributed by atoms with Crippen LogP contribution < -0.4 is 27.1 Å². The molecule has 4 fully saturated rings. The SMILES string of the molecule is COC(=O)N[C@H](C(=O)N1CCC[C@H]1c1ncc(-c2ccc3cc(-c4ccc5c(=O)[nH]c([C@@H]6CCCN6)nc5c4)ccc3c2)[nH]1)C(C)C.COC(=O)N[C@H](C(=O)N1CCC[C@H]1c1ncc(-c2ccc3cc(-c4ccc5c(=O)[nH]c([C@@H]6CCCN6C(=O)OCc6ccccc6)nc5c4)ccc3c2)[nH]1)C(C)C.S.S.S.S.S.S. The number of H-pyrrole nitrogens is 4. The van der Waals surface area contributed by atoms with Gasteiger partial charge in [-0.2, -0.15) is 81.0 Å². The predicted octanol–water partition coefficient (Wildman–Crippen LogP) is 13.9. The maximum Gasteiger partial charge on any atom is 0.410 e. The van der Waals surface area contributed by atoms with E-state index in [1.165, 1.54) is 14.2 Å². The zero-order valence-corrected chi connectivity index (χ0v) is 68.0. The van der Waals surface area contributed by atoms with Crippen molar-refractivity contribution in [2.24, 2.45) is 11.8 Å². The minimum Gasteiger partial charge on any atom is -0.453 e. The Bertz CT molecular complexity index is 5210. The number of carbonyl (C=O) groups is 5. The number of nitrogens with zero attached hydrogens (tertiary/aromatic N) is 7. The van der Waals surface area contributed by atoms with Crippen LogP contribution in [-0.4, -0.2) is 137 Å². The van der Waals surface area contributed by atoms with Crippen molar-refractivity contribution in [3.63, 3.8) is 0 Å². The van der Waals surface area contributed by atoms with Gasteiger partial charge in [0, 0.05) is 30.8 Å². The minimum atomic E-state index is -0.699. The first-order chi connectivity index (χ1) is 50.4. The summed E-state index contributed by atoms with van der Waals surface area (Å²) in [6.45, 7) is 10.4. The van der Waals surface area contributed by atoms with Crippen LogP contribution in [0.4, 0.5) is 14.4 Å². The van der Waals surface area contributed by atoms with E-state index in [2.05, 4.69) is 108 Å². The Hall–Kier alpha value is -9.43. The highest BCUT2D eigenvalue weighted by atomic mass is 32.1. The van der Waals surface area contributed by atoms with E-state index >= 15 is 0 Å². The van der Waals surface area contributed by atoms with Gasteiger partial charge in [0.05, 0.1) is 84.0 Å². The number of carbonyl (C=O) groups excluding carboxylic acids is 5. The van der Waals surface area contributed by atoms with Crippen LogP contribution in [0.2, 0.25) is 0 Å². The molecule has 6 atom stereocenters. The lowest BCUT2D eigenvalue weighted by Gasteiger charge is -2.30. The highest BCUT2D eigenvalue weighted by Crippen LogP contribution is 2.38. The van der Waals surface area contributed by atoms with E-state index in [9.17, 15) is 33.6 Å². The number of amides is 5. The number of fused-ring (bicyclic) bond motifs is 4. The molecule has 7 N–H and O–H groups in total. The number of methoxy groups -OCH3 is 2. The summed E-state index contributed by atoms with van der Waals surface area (Å²) >= 11 is 0. The summed E-state index contributed by atoms with van der Waals surface area (Å²) in [5, 5.41) is 14.1. The highest BCUT2D eigenvalue weighted by Gasteiger charge is 2.40. The molecule has 4 aromatic heterocycles. The molecule has 4 aliphatic heterocycles. The summed E-state index contributed by atoms with van der Waals surface area (Å²) in [5.74, 6) is 2.11. The summed E-state index contributed by atoms with van der Waals surface area (Å²) in [7, 11) is 2.58. The Kier molecular flexibility index (Phi) is 29.8. The van der Waals surface area contributed by atoms with Gasteiger partial charge in [-0.25, -0.2) is 34.3 Å². The fourth-order valence-electron chi connectivity index (χ4n) is 14.9. The summed E-state index contributed by atoms with van der Waals surface area (Å²) in [6, 6.07) is 44.0. The van der Waals surface area contributed by atoms with Crippen molar-refractivity contribution in [2.75, 3.05) is 40.4 Å². The monoisotopic (exact) mass is 1600 g/mol. The fraction of sp³-hybridized carbons (Fsp3) is 0.338. The van der Waals surface area contributed by atoms with Crippen LogP contribution in [0.5, 0.6) is 0 Å². The van der Waals surface area contributed by atoms with E-state index in [4.69, 9.17) is 29.2 Å². The number of hydrogen-bond donors (Lipinski definition) is 7. The molecule has 4 aliphatic rings. The summed E-state index contributed by atoms with van der Waals surface area (Å²) in [5.41, 5.74) is 9.41. The Balaban J connectivity index is 0.000000266. The molecule has 110 heavy (non-hydrogen) atoms. The fourth-order valence-corrected chi connectivity index (χ4v) is 14.9. The van der Waals surface area contributed by atoms with Crippen molar-refractivity contribution in [1.82, 2.24) is 70.5 Å². The molecule has 5 amide bonds. The van der Waals surface area contributed by atoms with Crippen LogP contribution in [0.3, 0.4) is 0 Å². The third-order valence-electron chi connectivity index (χ3n) is 20.5. The Labute approximate surface area is 678 Å². The van der Waals surface area contributed by atoms with Gasteiger partial charge in [0.25, 0.3) is 11.1 Å². The van der Waals surface area contributed by atoms with Gasteiger partial charge in [-0.05, 0) is 168 Å². The number of aromatic amines is 4. The topological polar surface area (TPSA) is 308 Å². The number of ether oxygens (including phenoxy) is 3. The number of rotatable bonds is 16. The van der Waals surface area contributed by atoms with E-state index in [0.717, 1.165) is 129 Å². The second-order valence-electron chi connectivity index (χ2n) is 27.9. The lowest BCUT2D eigenvalue weighted by Crippen LogP contribution is -2.51. The largest absolute Gasteiger partial charge is 0.453 e. The second kappa shape index (κ2) is 38.0. The smallest absolute Gasteiger partial charge is 0.410 e. The molecule has 0 bridgehead atoms. The molecule has 8 heterocycles. The minimum absolute atomic E-state index is 0. The highest BCUT2D eigenvalue weighted by molar-refractivity contribution is 7.60. The molecular formula is C80H96N14O10S6. The van der Waals surface area contributed by atoms with Crippen molar-refractivity contribution in [2.45, 2.75) is 122 Å². The van der Waals surface area contributed by atoms with E-state index in [-0.39, 0.29) is 147 Å². The number of hydrogen-bond acceptors (Lipinski definition) is 15. The third kappa shape index (κ3) is 18.6. The first-order valence-electron chi connectivity index (χ1n) is 35.7. The zero-order chi connectivity index (χ0) is 72.3. The van der Waals surface area contributed by atoms with Gasteiger partial charge in [0.2, 0.25) is 11.8 Å².